The maximum Gasteiger partial charge on any atom is 0.416 e. The van der Waals surface area contributed by atoms with Crippen molar-refractivity contribution in [2.45, 2.75) is 12.2 Å². The highest BCUT2D eigenvalue weighted by atomic mass is 79.9. The van der Waals surface area contributed by atoms with Crippen molar-refractivity contribution in [3.8, 4) is 0 Å². The predicted octanol–water partition coefficient (Wildman–Crippen LogP) is 4.22. The Balaban J connectivity index is 2.52. The molecule has 1 heterocycles. The van der Waals surface area contributed by atoms with Gasteiger partial charge in [-0.1, -0.05) is 0 Å². The molecule has 3 N–H and O–H groups in total. The molecule has 0 aliphatic heterocycles. The first-order valence-electron chi connectivity index (χ1n) is 5.39. The van der Waals surface area contributed by atoms with E-state index < -0.39 is 23.6 Å². The lowest BCUT2D eigenvalue weighted by Crippen LogP contribution is -2.29. The zero-order valence-electron chi connectivity index (χ0n) is 9.84. The largest absolute Gasteiger partial charge is 0.416 e. The van der Waals surface area contributed by atoms with Gasteiger partial charge in [0.05, 0.1) is 11.6 Å². The average Bonchev–Trinajstić information content (AvgIpc) is 2.78. The molecule has 0 saturated carbocycles. The monoisotopic (exact) mass is 368 g/mol. The van der Waals surface area contributed by atoms with Crippen molar-refractivity contribution < 1.29 is 17.6 Å². The van der Waals surface area contributed by atoms with Crippen LogP contribution < -0.4 is 11.3 Å². The molecular formula is C12H9BrF4N2S. The summed E-state index contributed by atoms with van der Waals surface area (Å²) in [5.74, 6) is 4.63. The molecule has 0 fully saturated rings. The average molecular weight is 369 g/mol. The van der Waals surface area contributed by atoms with Gasteiger partial charge in [-0.15, -0.1) is 0 Å². The summed E-state index contributed by atoms with van der Waals surface area (Å²) in [5, 5.41) is 3.43. The van der Waals surface area contributed by atoms with Gasteiger partial charge in [0.1, 0.15) is 5.82 Å². The number of benzene rings is 1. The molecule has 0 spiro atoms. The SMILES string of the molecule is NNC(c1cc(C(F)(F)F)ccc1F)c1cscc1Br. The van der Waals surface area contributed by atoms with Gasteiger partial charge < -0.3 is 0 Å². The highest BCUT2D eigenvalue weighted by Gasteiger charge is 2.32. The first kappa shape index (κ1) is 15.4. The van der Waals surface area contributed by atoms with Gasteiger partial charge in [0.25, 0.3) is 0 Å². The summed E-state index contributed by atoms with van der Waals surface area (Å²) in [7, 11) is 0. The number of hydrazine groups is 1. The molecule has 1 atom stereocenters. The van der Waals surface area contributed by atoms with Crippen LogP contribution in [0.25, 0.3) is 0 Å². The molecule has 0 amide bonds. The second kappa shape index (κ2) is 5.80. The molecule has 2 aromatic rings. The Morgan fingerprint density at radius 2 is 1.90 bits per heavy atom. The summed E-state index contributed by atoms with van der Waals surface area (Å²) in [6.07, 6.45) is -4.53. The smallest absolute Gasteiger partial charge is 0.271 e. The fourth-order valence-corrected chi connectivity index (χ4v) is 3.34. The van der Waals surface area contributed by atoms with Crippen LogP contribution in [-0.2, 0) is 6.18 Å². The molecule has 2 nitrogen and oxygen atoms in total. The van der Waals surface area contributed by atoms with Crippen LogP contribution in [0.1, 0.15) is 22.7 Å². The standard InChI is InChI=1S/C12H9BrF4N2S/c13-9-5-20-4-8(9)11(19-18)7-3-6(12(15,16)17)1-2-10(7)14/h1-5,11,19H,18H2. The van der Waals surface area contributed by atoms with E-state index in [9.17, 15) is 17.6 Å². The van der Waals surface area contributed by atoms with Crippen molar-refractivity contribution in [2.75, 3.05) is 0 Å². The molecule has 1 aromatic carbocycles. The lowest BCUT2D eigenvalue weighted by molar-refractivity contribution is -0.137. The quantitative estimate of drug-likeness (QED) is 0.483. The van der Waals surface area contributed by atoms with E-state index in [1.54, 1.807) is 10.8 Å². The fraction of sp³-hybridized carbons (Fsp3) is 0.167. The van der Waals surface area contributed by atoms with Crippen LogP contribution >= 0.6 is 27.3 Å². The van der Waals surface area contributed by atoms with Crippen molar-refractivity contribution in [1.82, 2.24) is 5.43 Å². The van der Waals surface area contributed by atoms with E-state index in [2.05, 4.69) is 21.4 Å². The molecule has 0 aliphatic carbocycles. The fourth-order valence-electron chi connectivity index (χ4n) is 1.79. The van der Waals surface area contributed by atoms with Crippen molar-refractivity contribution in [1.29, 1.82) is 0 Å². The number of halogens is 5. The maximum absolute atomic E-state index is 13.8. The number of nitrogens with one attached hydrogen (secondary N) is 1. The third-order valence-electron chi connectivity index (χ3n) is 2.75. The van der Waals surface area contributed by atoms with E-state index in [1.165, 1.54) is 11.3 Å². The highest BCUT2D eigenvalue weighted by Crippen LogP contribution is 2.36. The molecule has 0 bridgehead atoms. The van der Waals surface area contributed by atoms with Gasteiger partial charge in [-0.05, 0) is 45.1 Å². The van der Waals surface area contributed by atoms with Gasteiger partial charge in [0.2, 0.25) is 0 Å². The van der Waals surface area contributed by atoms with E-state index in [-0.39, 0.29) is 5.56 Å². The molecule has 1 aromatic heterocycles. The number of rotatable bonds is 3. The number of nitrogens with two attached hydrogens (primary N) is 1. The number of thiophene rings is 1. The predicted molar refractivity (Wildman–Crippen MR) is 72.6 cm³/mol. The zero-order valence-corrected chi connectivity index (χ0v) is 12.2. The molecule has 0 aliphatic rings. The van der Waals surface area contributed by atoms with Crippen LogP contribution in [0.5, 0.6) is 0 Å². The van der Waals surface area contributed by atoms with E-state index >= 15 is 0 Å². The van der Waals surface area contributed by atoms with Crippen molar-refractivity contribution in [3.63, 3.8) is 0 Å². The second-order valence-corrected chi connectivity index (χ2v) is 5.61. The Labute approximate surface area is 124 Å². The third kappa shape index (κ3) is 3.03. The van der Waals surface area contributed by atoms with Crippen molar-refractivity contribution in [2.24, 2.45) is 5.84 Å². The Bertz CT molecular complexity index is 612. The lowest BCUT2D eigenvalue weighted by Gasteiger charge is -2.18. The minimum atomic E-state index is -4.53. The molecule has 8 heteroatoms. The van der Waals surface area contributed by atoms with Gasteiger partial charge in [-0.25, -0.2) is 9.82 Å². The molecule has 20 heavy (non-hydrogen) atoms. The maximum atomic E-state index is 13.8. The molecule has 0 saturated heterocycles. The van der Waals surface area contributed by atoms with E-state index in [0.717, 1.165) is 12.1 Å². The minimum absolute atomic E-state index is 0.151. The van der Waals surface area contributed by atoms with Gasteiger partial charge in [0, 0.05) is 15.4 Å². The van der Waals surface area contributed by atoms with Crippen LogP contribution in [0.4, 0.5) is 17.6 Å². The van der Waals surface area contributed by atoms with Crippen molar-refractivity contribution >= 4 is 27.3 Å². The van der Waals surface area contributed by atoms with Crippen LogP contribution in [-0.4, -0.2) is 0 Å². The Hall–Kier alpha value is -0.960. The highest BCUT2D eigenvalue weighted by molar-refractivity contribution is 9.10. The summed E-state index contributed by atoms with van der Waals surface area (Å²) >= 11 is 4.59. The minimum Gasteiger partial charge on any atom is -0.271 e. The zero-order chi connectivity index (χ0) is 14.9. The van der Waals surface area contributed by atoms with E-state index in [1.807, 2.05) is 0 Å². The Morgan fingerprint density at radius 3 is 2.40 bits per heavy atom. The summed E-state index contributed by atoms with van der Waals surface area (Å²) < 4.78 is 52.6. The van der Waals surface area contributed by atoms with E-state index in [4.69, 9.17) is 5.84 Å². The summed E-state index contributed by atoms with van der Waals surface area (Å²) in [6, 6.07) is 1.40. The second-order valence-electron chi connectivity index (χ2n) is 4.01. The number of alkyl halides is 3. The molecule has 108 valence electrons. The third-order valence-corrected chi connectivity index (χ3v) is 4.51. The summed E-state index contributed by atoms with van der Waals surface area (Å²) in [6.45, 7) is 0. The van der Waals surface area contributed by atoms with E-state index in [0.29, 0.717) is 16.1 Å². The number of hydrogen-bond acceptors (Lipinski definition) is 3. The lowest BCUT2D eigenvalue weighted by atomic mass is 9.99. The summed E-state index contributed by atoms with van der Waals surface area (Å²) in [4.78, 5) is 0. The topological polar surface area (TPSA) is 38.0 Å². The molecular weight excluding hydrogens is 360 g/mol. The first-order valence-corrected chi connectivity index (χ1v) is 7.12. The van der Waals surface area contributed by atoms with Gasteiger partial charge >= 0.3 is 6.18 Å². The first-order chi connectivity index (χ1) is 9.34. The van der Waals surface area contributed by atoms with Crippen LogP contribution in [0.15, 0.2) is 33.4 Å². The molecule has 1 unspecified atom stereocenters. The van der Waals surface area contributed by atoms with Crippen LogP contribution in [0.2, 0.25) is 0 Å². The molecule has 2 rings (SSSR count). The van der Waals surface area contributed by atoms with Crippen LogP contribution in [0.3, 0.4) is 0 Å². The number of hydrogen-bond donors (Lipinski definition) is 2. The summed E-state index contributed by atoms with van der Waals surface area (Å²) in [5.41, 5.74) is 1.86. The van der Waals surface area contributed by atoms with Crippen LogP contribution in [0, 0.1) is 5.82 Å². The van der Waals surface area contributed by atoms with Crippen molar-refractivity contribution in [3.05, 3.63) is 55.9 Å². The van der Waals surface area contributed by atoms with Gasteiger partial charge in [-0.2, -0.15) is 24.5 Å². The molecule has 0 radical (unpaired) electrons. The Morgan fingerprint density at radius 1 is 1.20 bits per heavy atom. The Kier molecular flexibility index (Phi) is 4.48. The normalized spacial score (nSPS) is 13.5. The van der Waals surface area contributed by atoms with Gasteiger partial charge in [0.15, 0.2) is 0 Å². The van der Waals surface area contributed by atoms with Gasteiger partial charge in [-0.3, -0.25) is 5.84 Å².